The minimum atomic E-state index is -0.371. The zero-order chi connectivity index (χ0) is 15.4. The van der Waals surface area contributed by atoms with Crippen LogP contribution in [0.3, 0.4) is 0 Å². The summed E-state index contributed by atoms with van der Waals surface area (Å²) in [5.41, 5.74) is 0.909. The summed E-state index contributed by atoms with van der Waals surface area (Å²) in [6.07, 6.45) is 2.23. The summed E-state index contributed by atoms with van der Waals surface area (Å²) in [4.78, 5) is 12.0. The molecule has 3 rings (SSSR count). The van der Waals surface area contributed by atoms with E-state index in [4.69, 9.17) is 4.74 Å². The molecule has 2 unspecified atom stereocenters. The summed E-state index contributed by atoms with van der Waals surface area (Å²) in [5.74, 6) is 1.03. The molecule has 2 fully saturated rings. The third-order valence-electron chi connectivity index (χ3n) is 3.81. The number of halogens is 3. The Labute approximate surface area is 157 Å². The van der Waals surface area contributed by atoms with E-state index in [1.54, 1.807) is 23.9 Å². The number of ether oxygens (including phenoxy) is 1. The number of hydrogen-bond acceptors (Lipinski definition) is 5. The number of amides is 1. The number of nitrogens with one attached hydrogen (secondary N) is 3. The summed E-state index contributed by atoms with van der Waals surface area (Å²) in [7, 11) is 0. The van der Waals surface area contributed by atoms with Gasteiger partial charge in [0, 0.05) is 30.5 Å². The van der Waals surface area contributed by atoms with E-state index >= 15 is 0 Å². The second-order valence-corrected chi connectivity index (χ2v) is 6.50. The highest BCUT2D eigenvalue weighted by molar-refractivity contribution is 7.99. The van der Waals surface area contributed by atoms with Crippen LogP contribution in [0.1, 0.15) is 12.8 Å². The molecule has 0 saturated carbocycles. The topological polar surface area (TPSA) is 62.4 Å². The van der Waals surface area contributed by atoms with Gasteiger partial charge in [-0.05, 0) is 31.0 Å². The molecule has 0 bridgehead atoms. The molecule has 2 aliphatic rings. The fourth-order valence-electron chi connectivity index (χ4n) is 2.56. The fraction of sp³-hybridized carbons (Fsp3) is 0.533. The van der Waals surface area contributed by atoms with Gasteiger partial charge < -0.3 is 15.4 Å². The molecule has 2 heterocycles. The Balaban J connectivity index is 0.00000144. The van der Waals surface area contributed by atoms with E-state index in [9.17, 15) is 9.18 Å². The van der Waals surface area contributed by atoms with Crippen LogP contribution in [0.25, 0.3) is 0 Å². The number of carbonyl (C=O) groups is 1. The van der Waals surface area contributed by atoms with Crippen molar-refractivity contribution in [2.75, 3.05) is 35.4 Å². The molecule has 2 atom stereocenters. The van der Waals surface area contributed by atoms with E-state index in [0.29, 0.717) is 17.9 Å². The predicted molar refractivity (Wildman–Crippen MR) is 101 cm³/mol. The molecule has 9 heteroatoms. The Bertz CT molecular complexity index is 541. The van der Waals surface area contributed by atoms with Crippen LogP contribution < -0.4 is 16.0 Å². The van der Waals surface area contributed by atoms with Gasteiger partial charge in [0.05, 0.1) is 17.8 Å². The molecule has 0 aromatic heterocycles. The van der Waals surface area contributed by atoms with Crippen LogP contribution in [0, 0.1) is 5.82 Å². The third kappa shape index (κ3) is 5.67. The minimum absolute atomic E-state index is 0. The van der Waals surface area contributed by atoms with Crippen LogP contribution >= 0.6 is 36.6 Å². The third-order valence-corrected chi connectivity index (χ3v) is 4.75. The SMILES string of the molecule is Cl.Cl.O=C(Nc1ccc(NCC2CCCO2)c(F)c1)C1CSCN1. The Morgan fingerprint density at radius 2 is 2.25 bits per heavy atom. The Morgan fingerprint density at radius 3 is 2.88 bits per heavy atom. The molecule has 1 aromatic rings. The van der Waals surface area contributed by atoms with Crippen molar-refractivity contribution in [3.63, 3.8) is 0 Å². The van der Waals surface area contributed by atoms with Gasteiger partial charge in [0.15, 0.2) is 0 Å². The zero-order valence-corrected chi connectivity index (χ0v) is 15.5. The van der Waals surface area contributed by atoms with E-state index in [1.165, 1.54) is 6.07 Å². The molecular weight excluding hydrogens is 376 g/mol. The van der Waals surface area contributed by atoms with Crippen molar-refractivity contribution < 1.29 is 13.9 Å². The Morgan fingerprint density at radius 1 is 1.42 bits per heavy atom. The number of anilines is 2. The highest BCUT2D eigenvalue weighted by Gasteiger charge is 2.22. The van der Waals surface area contributed by atoms with Gasteiger partial charge in [-0.2, -0.15) is 0 Å². The minimum Gasteiger partial charge on any atom is -0.380 e. The molecule has 1 aromatic carbocycles. The van der Waals surface area contributed by atoms with Crippen LogP contribution in [-0.4, -0.2) is 42.8 Å². The highest BCUT2D eigenvalue weighted by Crippen LogP contribution is 2.21. The first-order valence-corrected chi connectivity index (χ1v) is 8.65. The Hall–Kier alpha value is -0.730. The summed E-state index contributed by atoms with van der Waals surface area (Å²) >= 11 is 1.68. The van der Waals surface area contributed by atoms with E-state index in [2.05, 4.69) is 16.0 Å². The molecule has 1 amide bonds. The van der Waals surface area contributed by atoms with Gasteiger partial charge >= 0.3 is 0 Å². The lowest BCUT2D eigenvalue weighted by atomic mass is 10.2. The second-order valence-electron chi connectivity index (χ2n) is 5.47. The lowest BCUT2D eigenvalue weighted by Crippen LogP contribution is -2.37. The number of benzene rings is 1. The number of rotatable bonds is 5. The van der Waals surface area contributed by atoms with Gasteiger partial charge in [-0.3, -0.25) is 10.1 Å². The first-order valence-electron chi connectivity index (χ1n) is 7.49. The predicted octanol–water partition coefficient (Wildman–Crippen LogP) is 2.86. The van der Waals surface area contributed by atoms with E-state index in [1.807, 2.05) is 0 Å². The summed E-state index contributed by atoms with van der Waals surface area (Å²) in [6.45, 7) is 1.39. The molecule has 0 radical (unpaired) electrons. The second kappa shape index (κ2) is 10.3. The first kappa shape index (κ1) is 21.3. The summed E-state index contributed by atoms with van der Waals surface area (Å²) in [6, 6.07) is 4.50. The first-order chi connectivity index (χ1) is 10.7. The van der Waals surface area contributed by atoms with Crippen LogP contribution in [0.5, 0.6) is 0 Å². The largest absolute Gasteiger partial charge is 0.380 e. The van der Waals surface area contributed by atoms with E-state index in [0.717, 1.165) is 31.1 Å². The van der Waals surface area contributed by atoms with Gasteiger partial charge in [0.2, 0.25) is 5.91 Å². The molecule has 0 aliphatic carbocycles. The van der Waals surface area contributed by atoms with Gasteiger partial charge in [-0.15, -0.1) is 36.6 Å². The number of hydrogen-bond donors (Lipinski definition) is 3. The van der Waals surface area contributed by atoms with Crippen molar-refractivity contribution >= 4 is 53.9 Å². The van der Waals surface area contributed by atoms with Crippen molar-refractivity contribution in [1.29, 1.82) is 0 Å². The van der Waals surface area contributed by atoms with Crippen LogP contribution in [0.2, 0.25) is 0 Å². The molecule has 5 nitrogen and oxygen atoms in total. The van der Waals surface area contributed by atoms with E-state index in [-0.39, 0.29) is 48.7 Å². The quantitative estimate of drug-likeness (QED) is 0.712. The maximum Gasteiger partial charge on any atom is 0.242 e. The van der Waals surface area contributed by atoms with Gasteiger partial charge in [0.25, 0.3) is 0 Å². The molecule has 24 heavy (non-hydrogen) atoms. The van der Waals surface area contributed by atoms with Crippen LogP contribution in [-0.2, 0) is 9.53 Å². The normalized spacial score (nSPS) is 22.4. The monoisotopic (exact) mass is 397 g/mol. The van der Waals surface area contributed by atoms with Gasteiger partial charge in [-0.1, -0.05) is 0 Å². The molecule has 2 saturated heterocycles. The summed E-state index contributed by atoms with van der Waals surface area (Å²) in [5, 5.41) is 8.89. The van der Waals surface area contributed by atoms with Gasteiger partial charge in [-0.25, -0.2) is 4.39 Å². The van der Waals surface area contributed by atoms with Crippen LogP contribution in [0.15, 0.2) is 18.2 Å². The molecule has 3 N–H and O–H groups in total. The van der Waals surface area contributed by atoms with Crippen molar-refractivity contribution in [2.45, 2.75) is 25.0 Å². The van der Waals surface area contributed by atoms with Crippen molar-refractivity contribution in [3.05, 3.63) is 24.0 Å². The average Bonchev–Trinajstić information content (AvgIpc) is 3.20. The van der Waals surface area contributed by atoms with Crippen LogP contribution in [0.4, 0.5) is 15.8 Å². The number of carbonyl (C=O) groups excluding carboxylic acids is 1. The summed E-state index contributed by atoms with van der Waals surface area (Å²) < 4.78 is 19.6. The Kier molecular flexibility index (Phi) is 9.15. The molecule has 0 spiro atoms. The standard InChI is InChI=1S/C15H20FN3O2S.2ClH/c16-12-6-10(19-15(20)14-8-22-9-18-14)3-4-13(12)17-7-11-2-1-5-21-11;;/h3-4,6,11,14,17-18H,1-2,5,7-9H2,(H,19,20);2*1H. The van der Waals surface area contributed by atoms with Crippen molar-refractivity contribution in [2.24, 2.45) is 0 Å². The average molecular weight is 398 g/mol. The maximum atomic E-state index is 14.1. The smallest absolute Gasteiger partial charge is 0.242 e. The molecule has 2 aliphatic heterocycles. The molecular formula is C15H22Cl2FN3O2S. The van der Waals surface area contributed by atoms with E-state index < -0.39 is 0 Å². The molecule has 136 valence electrons. The lowest BCUT2D eigenvalue weighted by molar-refractivity contribution is -0.117. The highest BCUT2D eigenvalue weighted by atomic mass is 35.5. The maximum absolute atomic E-state index is 14.1. The van der Waals surface area contributed by atoms with Crippen molar-refractivity contribution in [3.8, 4) is 0 Å². The fourth-order valence-corrected chi connectivity index (χ4v) is 3.50. The zero-order valence-electron chi connectivity index (χ0n) is 13.0. The lowest BCUT2D eigenvalue weighted by Gasteiger charge is -2.14. The van der Waals surface area contributed by atoms with Gasteiger partial charge in [0.1, 0.15) is 5.82 Å². The number of thioether (sulfide) groups is 1. The van der Waals surface area contributed by atoms with Crippen molar-refractivity contribution in [1.82, 2.24) is 5.32 Å².